The molecule has 2 saturated heterocycles. The number of aliphatic hydroxyl groups excluding tert-OH is 1. The number of benzene rings is 2. The number of aliphatic hydroxyl groups is 1. The van der Waals surface area contributed by atoms with E-state index >= 15 is 0 Å². The highest BCUT2D eigenvalue weighted by atomic mass is 35.5. The number of likely N-dealkylation sites (tertiary alicyclic amines) is 1. The summed E-state index contributed by atoms with van der Waals surface area (Å²) in [7, 11) is 1.50. The molecule has 174 valence electrons. The fraction of sp³-hybridized carbons (Fsp3) is 0.385. The maximum absolute atomic E-state index is 13.2. The normalized spacial score (nSPS) is 22.4. The lowest BCUT2D eigenvalue weighted by molar-refractivity contribution is -0.140. The van der Waals surface area contributed by atoms with Gasteiger partial charge in [-0.2, -0.15) is 0 Å². The third-order valence-corrected chi connectivity index (χ3v) is 6.64. The van der Waals surface area contributed by atoms with Crippen LogP contribution < -0.4 is 4.74 Å². The van der Waals surface area contributed by atoms with Crippen LogP contribution >= 0.6 is 11.6 Å². The predicted octanol–water partition coefficient (Wildman–Crippen LogP) is 5.07. The smallest absolute Gasteiger partial charge is 0.295 e. The molecule has 1 amide bonds. The Morgan fingerprint density at radius 3 is 2.55 bits per heavy atom. The van der Waals surface area contributed by atoms with Gasteiger partial charge in [0.1, 0.15) is 11.5 Å². The van der Waals surface area contributed by atoms with Crippen LogP contribution in [0.1, 0.15) is 55.3 Å². The van der Waals surface area contributed by atoms with Crippen LogP contribution in [-0.2, 0) is 14.3 Å². The van der Waals surface area contributed by atoms with Crippen molar-refractivity contribution in [2.45, 2.75) is 44.8 Å². The van der Waals surface area contributed by atoms with Gasteiger partial charge < -0.3 is 19.5 Å². The summed E-state index contributed by atoms with van der Waals surface area (Å²) in [5, 5.41) is 11.5. The zero-order valence-corrected chi connectivity index (χ0v) is 19.8. The van der Waals surface area contributed by atoms with Crippen molar-refractivity contribution < 1.29 is 24.2 Å². The molecule has 0 aromatic heterocycles. The van der Waals surface area contributed by atoms with Crippen LogP contribution in [0.5, 0.6) is 5.75 Å². The molecule has 33 heavy (non-hydrogen) atoms. The molecule has 2 heterocycles. The molecular formula is C26H28ClNO5. The van der Waals surface area contributed by atoms with Gasteiger partial charge in [0.2, 0.25) is 0 Å². The monoisotopic (exact) mass is 469 g/mol. The highest BCUT2D eigenvalue weighted by molar-refractivity contribution is 6.47. The van der Waals surface area contributed by atoms with Crippen LogP contribution in [0.4, 0.5) is 0 Å². The summed E-state index contributed by atoms with van der Waals surface area (Å²) in [6, 6.07) is 11.9. The van der Waals surface area contributed by atoms with E-state index in [1.165, 1.54) is 12.0 Å². The molecule has 2 aromatic carbocycles. The molecule has 4 rings (SSSR count). The maximum atomic E-state index is 13.2. The van der Waals surface area contributed by atoms with Gasteiger partial charge in [0, 0.05) is 18.7 Å². The Morgan fingerprint density at radius 2 is 1.94 bits per heavy atom. The molecule has 6 nitrogen and oxygen atoms in total. The van der Waals surface area contributed by atoms with Gasteiger partial charge in [-0.3, -0.25) is 9.59 Å². The molecule has 0 radical (unpaired) electrons. The molecule has 0 saturated carbocycles. The molecule has 1 N–H and O–H groups in total. The summed E-state index contributed by atoms with van der Waals surface area (Å²) in [5.41, 5.74) is 2.16. The van der Waals surface area contributed by atoms with Crippen molar-refractivity contribution in [1.29, 1.82) is 0 Å². The minimum absolute atomic E-state index is 0.0189. The number of rotatable bonds is 6. The van der Waals surface area contributed by atoms with Crippen LogP contribution in [0.15, 0.2) is 48.0 Å². The van der Waals surface area contributed by atoms with E-state index < -0.39 is 17.7 Å². The van der Waals surface area contributed by atoms with Gasteiger partial charge in [-0.1, -0.05) is 49.7 Å². The molecule has 2 aromatic rings. The number of ketones is 1. The second kappa shape index (κ2) is 9.57. The van der Waals surface area contributed by atoms with E-state index in [4.69, 9.17) is 21.1 Å². The van der Waals surface area contributed by atoms with Crippen LogP contribution in [0.2, 0.25) is 5.02 Å². The number of Topliss-reactive ketones (excluding diaryl/α,β-unsaturated/α-hetero) is 1. The Hall–Kier alpha value is -2.83. The number of hydrogen-bond donors (Lipinski definition) is 1. The standard InChI is InChI=1S/C26H28ClNO5/c1-15(2)16-6-8-17(9-7-16)23-22(24(29)20-13-18(32-3)10-11-21(20)27)25(30)26(31)28(23)14-19-5-4-12-33-19/h6-11,13,15,19,23,29H,4-5,12,14H2,1-3H3/b24-22+. The fourth-order valence-electron chi connectivity index (χ4n) is 4.44. The number of nitrogens with zero attached hydrogens (tertiary/aromatic N) is 1. The van der Waals surface area contributed by atoms with Gasteiger partial charge in [0.15, 0.2) is 0 Å². The summed E-state index contributed by atoms with van der Waals surface area (Å²) < 4.78 is 11.0. The van der Waals surface area contributed by atoms with Gasteiger partial charge in [-0.25, -0.2) is 0 Å². The molecule has 0 aliphatic carbocycles. The van der Waals surface area contributed by atoms with Crippen molar-refractivity contribution in [3.05, 3.63) is 69.8 Å². The summed E-state index contributed by atoms with van der Waals surface area (Å²) in [5.74, 6) is -0.878. The average Bonchev–Trinajstić information content (AvgIpc) is 3.41. The van der Waals surface area contributed by atoms with Crippen molar-refractivity contribution in [3.8, 4) is 5.75 Å². The minimum atomic E-state index is -0.738. The SMILES string of the molecule is COc1ccc(Cl)c(/C(O)=C2\C(=O)C(=O)N(CC3CCCO3)C2c2ccc(C(C)C)cc2)c1. The van der Waals surface area contributed by atoms with Crippen molar-refractivity contribution in [2.24, 2.45) is 0 Å². The van der Waals surface area contributed by atoms with E-state index in [2.05, 4.69) is 13.8 Å². The predicted molar refractivity (Wildman–Crippen MR) is 127 cm³/mol. The zero-order chi connectivity index (χ0) is 23.7. The molecule has 0 spiro atoms. The van der Waals surface area contributed by atoms with Crippen LogP contribution in [0.3, 0.4) is 0 Å². The Kier molecular flexibility index (Phi) is 6.77. The van der Waals surface area contributed by atoms with Gasteiger partial charge in [-0.05, 0) is 48.1 Å². The summed E-state index contributed by atoms with van der Waals surface area (Å²) >= 11 is 6.35. The average molecular weight is 470 g/mol. The first-order valence-corrected chi connectivity index (χ1v) is 11.5. The van der Waals surface area contributed by atoms with E-state index in [0.29, 0.717) is 18.3 Å². The number of hydrogen-bond acceptors (Lipinski definition) is 5. The van der Waals surface area contributed by atoms with E-state index in [-0.39, 0.29) is 34.6 Å². The quantitative estimate of drug-likeness (QED) is 0.363. The topological polar surface area (TPSA) is 76.1 Å². The number of amides is 1. The van der Waals surface area contributed by atoms with Crippen molar-refractivity contribution in [3.63, 3.8) is 0 Å². The lowest BCUT2D eigenvalue weighted by atomic mass is 9.93. The molecule has 2 atom stereocenters. The van der Waals surface area contributed by atoms with Crippen molar-refractivity contribution >= 4 is 29.1 Å². The number of ether oxygens (including phenoxy) is 2. The van der Waals surface area contributed by atoms with Crippen LogP contribution in [0.25, 0.3) is 5.76 Å². The third kappa shape index (κ3) is 4.50. The number of methoxy groups -OCH3 is 1. The van der Waals surface area contributed by atoms with Gasteiger partial charge in [0.25, 0.3) is 11.7 Å². The first kappa shape index (κ1) is 23.3. The second-order valence-electron chi connectivity index (χ2n) is 8.75. The highest BCUT2D eigenvalue weighted by Gasteiger charge is 2.47. The molecule has 7 heteroatoms. The van der Waals surface area contributed by atoms with E-state index in [1.54, 1.807) is 18.2 Å². The molecule has 2 fully saturated rings. The molecule has 2 aliphatic heterocycles. The maximum Gasteiger partial charge on any atom is 0.295 e. The van der Waals surface area contributed by atoms with Crippen LogP contribution in [0, 0.1) is 0 Å². The summed E-state index contributed by atoms with van der Waals surface area (Å²) in [4.78, 5) is 27.8. The first-order valence-electron chi connectivity index (χ1n) is 11.2. The number of carbonyl (C=O) groups is 2. The lowest BCUT2D eigenvalue weighted by Gasteiger charge is -2.27. The largest absolute Gasteiger partial charge is 0.507 e. The van der Waals surface area contributed by atoms with Gasteiger partial charge >= 0.3 is 0 Å². The van der Waals surface area contributed by atoms with Crippen molar-refractivity contribution in [1.82, 2.24) is 4.90 Å². The number of halogens is 1. The molecule has 2 unspecified atom stereocenters. The Morgan fingerprint density at radius 1 is 1.21 bits per heavy atom. The van der Waals surface area contributed by atoms with Gasteiger partial charge in [0.05, 0.1) is 29.9 Å². The van der Waals surface area contributed by atoms with Crippen molar-refractivity contribution in [2.75, 3.05) is 20.3 Å². The molecular weight excluding hydrogens is 442 g/mol. The van der Waals surface area contributed by atoms with E-state index in [0.717, 1.165) is 24.0 Å². The summed E-state index contributed by atoms with van der Waals surface area (Å²) in [6.45, 7) is 5.12. The second-order valence-corrected chi connectivity index (χ2v) is 9.16. The number of carbonyl (C=O) groups excluding carboxylic acids is 2. The molecule has 0 bridgehead atoms. The Balaban J connectivity index is 1.85. The highest BCUT2D eigenvalue weighted by Crippen LogP contribution is 2.41. The van der Waals surface area contributed by atoms with E-state index in [1.807, 2.05) is 24.3 Å². The summed E-state index contributed by atoms with van der Waals surface area (Å²) in [6.07, 6.45) is 1.60. The first-order chi connectivity index (χ1) is 15.8. The zero-order valence-electron chi connectivity index (χ0n) is 19.0. The minimum Gasteiger partial charge on any atom is -0.507 e. The fourth-order valence-corrected chi connectivity index (χ4v) is 4.65. The van der Waals surface area contributed by atoms with Gasteiger partial charge in [-0.15, -0.1) is 0 Å². The molecule has 2 aliphatic rings. The Bertz CT molecular complexity index is 1090. The lowest BCUT2D eigenvalue weighted by Crippen LogP contribution is -2.36. The third-order valence-electron chi connectivity index (χ3n) is 6.31. The van der Waals surface area contributed by atoms with Crippen LogP contribution in [-0.4, -0.2) is 48.1 Å². The van der Waals surface area contributed by atoms with E-state index in [9.17, 15) is 14.7 Å². The Labute approximate surface area is 198 Å².